The Kier molecular flexibility index (Phi) is 4.82. The molecule has 0 bridgehead atoms. The number of hydrogen-bond donors (Lipinski definition) is 2. The second-order valence-corrected chi connectivity index (χ2v) is 4.58. The van der Waals surface area contributed by atoms with Crippen LogP contribution >= 0.6 is 0 Å². The van der Waals surface area contributed by atoms with E-state index in [2.05, 4.69) is 15.4 Å². The molecule has 7 nitrogen and oxygen atoms in total. The molecular formula is C11H18N4O3. The monoisotopic (exact) mass is 254 g/mol. The highest BCUT2D eigenvalue weighted by Crippen LogP contribution is 2.08. The third kappa shape index (κ3) is 3.83. The smallest absolute Gasteiger partial charge is 0.326 e. The lowest BCUT2D eigenvalue weighted by Gasteiger charge is -2.19. The molecular weight excluding hydrogens is 236 g/mol. The fourth-order valence-corrected chi connectivity index (χ4v) is 1.52. The molecule has 1 amide bonds. The summed E-state index contributed by atoms with van der Waals surface area (Å²) in [6, 6.07) is -1.45. The molecule has 1 aromatic heterocycles. The molecule has 0 fully saturated rings. The number of amides is 1. The van der Waals surface area contributed by atoms with E-state index in [0.29, 0.717) is 6.42 Å². The van der Waals surface area contributed by atoms with Crippen molar-refractivity contribution >= 4 is 11.9 Å². The molecule has 0 radical (unpaired) electrons. The Morgan fingerprint density at radius 2 is 2.06 bits per heavy atom. The lowest BCUT2D eigenvalue weighted by molar-refractivity contribution is -0.142. The topological polar surface area (TPSA) is 97.1 Å². The molecule has 0 saturated carbocycles. The minimum atomic E-state index is -1.03. The van der Waals surface area contributed by atoms with Crippen molar-refractivity contribution in [2.45, 2.75) is 39.3 Å². The Hall–Kier alpha value is -1.92. The number of hydrogen-bond acceptors (Lipinski definition) is 4. The van der Waals surface area contributed by atoms with Crippen molar-refractivity contribution in [3.63, 3.8) is 0 Å². The molecule has 1 rings (SSSR count). The average molecular weight is 254 g/mol. The molecule has 1 unspecified atom stereocenters. The number of carboxylic acid groups (broad SMARTS) is 1. The molecule has 0 spiro atoms. The minimum Gasteiger partial charge on any atom is -0.480 e. The van der Waals surface area contributed by atoms with Gasteiger partial charge in [0.05, 0.1) is 0 Å². The van der Waals surface area contributed by atoms with E-state index in [4.69, 9.17) is 5.11 Å². The third-order valence-electron chi connectivity index (χ3n) is 2.53. The van der Waals surface area contributed by atoms with Crippen LogP contribution in [0.15, 0.2) is 12.7 Å². The fourth-order valence-electron chi connectivity index (χ4n) is 1.52. The Balaban J connectivity index is 2.64. The van der Waals surface area contributed by atoms with Crippen molar-refractivity contribution in [3.8, 4) is 0 Å². The largest absolute Gasteiger partial charge is 0.480 e. The molecule has 2 atom stereocenters. The Labute approximate surface area is 105 Å². The van der Waals surface area contributed by atoms with E-state index in [-0.39, 0.29) is 11.8 Å². The standard InChI is InChI=1S/C11H18N4O3/c1-7(2)4-9(11(17)18)14-10(16)8(3)15-6-12-5-13-15/h5-9H,4H2,1-3H3,(H,14,16)(H,17,18)/t8?,9-/m1/s1. The van der Waals surface area contributed by atoms with Gasteiger partial charge in [0.15, 0.2) is 0 Å². The van der Waals surface area contributed by atoms with Gasteiger partial charge in [0, 0.05) is 0 Å². The van der Waals surface area contributed by atoms with Gasteiger partial charge in [-0.1, -0.05) is 13.8 Å². The van der Waals surface area contributed by atoms with Crippen molar-refractivity contribution in [2.75, 3.05) is 0 Å². The fraction of sp³-hybridized carbons (Fsp3) is 0.636. The van der Waals surface area contributed by atoms with Gasteiger partial charge in [0.25, 0.3) is 0 Å². The van der Waals surface area contributed by atoms with Crippen LogP contribution in [0.1, 0.15) is 33.2 Å². The maximum Gasteiger partial charge on any atom is 0.326 e. The summed E-state index contributed by atoms with van der Waals surface area (Å²) < 4.78 is 1.38. The lowest BCUT2D eigenvalue weighted by atomic mass is 10.0. The van der Waals surface area contributed by atoms with Crippen LogP contribution in [-0.4, -0.2) is 37.8 Å². The lowest BCUT2D eigenvalue weighted by Crippen LogP contribution is -2.44. The zero-order chi connectivity index (χ0) is 13.7. The Morgan fingerprint density at radius 3 is 2.50 bits per heavy atom. The summed E-state index contributed by atoms with van der Waals surface area (Å²) in [6.45, 7) is 5.45. The number of nitrogens with one attached hydrogen (secondary N) is 1. The molecule has 18 heavy (non-hydrogen) atoms. The number of carbonyl (C=O) groups excluding carboxylic acids is 1. The van der Waals surface area contributed by atoms with Crippen molar-refractivity contribution in [1.82, 2.24) is 20.1 Å². The van der Waals surface area contributed by atoms with Gasteiger partial charge >= 0.3 is 5.97 Å². The van der Waals surface area contributed by atoms with Crippen molar-refractivity contribution in [3.05, 3.63) is 12.7 Å². The van der Waals surface area contributed by atoms with E-state index in [0.717, 1.165) is 0 Å². The van der Waals surface area contributed by atoms with Crippen LogP contribution in [0.3, 0.4) is 0 Å². The van der Waals surface area contributed by atoms with Gasteiger partial charge in [-0.2, -0.15) is 5.10 Å². The van der Waals surface area contributed by atoms with Crippen LogP contribution in [0.25, 0.3) is 0 Å². The van der Waals surface area contributed by atoms with E-state index in [1.807, 2.05) is 13.8 Å². The number of aliphatic carboxylic acids is 1. The number of carboxylic acids is 1. The zero-order valence-corrected chi connectivity index (χ0v) is 10.7. The zero-order valence-electron chi connectivity index (χ0n) is 10.7. The van der Waals surface area contributed by atoms with Gasteiger partial charge < -0.3 is 10.4 Å². The highest BCUT2D eigenvalue weighted by molar-refractivity contribution is 5.85. The maximum absolute atomic E-state index is 11.9. The second-order valence-electron chi connectivity index (χ2n) is 4.58. The van der Waals surface area contributed by atoms with Crippen LogP contribution in [0.4, 0.5) is 0 Å². The number of nitrogens with zero attached hydrogens (tertiary/aromatic N) is 3. The molecule has 0 aliphatic heterocycles. The minimum absolute atomic E-state index is 0.188. The highest BCUT2D eigenvalue weighted by Gasteiger charge is 2.24. The summed E-state index contributed by atoms with van der Waals surface area (Å²) in [5.74, 6) is -1.22. The molecule has 100 valence electrons. The van der Waals surface area contributed by atoms with Gasteiger partial charge in [-0.25, -0.2) is 14.5 Å². The van der Waals surface area contributed by atoms with E-state index in [9.17, 15) is 9.59 Å². The van der Waals surface area contributed by atoms with E-state index >= 15 is 0 Å². The van der Waals surface area contributed by atoms with Crippen LogP contribution in [-0.2, 0) is 9.59 Å². The maximum atomic E-state index is 11.9. The molecule has 2 N–H and O–H groups in total. The first-order chi connectivity index (χ1) is 8.41. The molecule has 0 aliphatic carbocycles. The molecule has 0 saturated heterocycles. The quantitative estimate of drug-likeness (QED) is 0.768. The van der Waals surface area contributed by atoms with Crippen molar-refractivity contribution < 1.29 is 14.7 Å². The van der Waals surface area contributed by atoms with E-state index in [1.54, 1.807) is 6.92 Å². The number of carbonyl (C=O) groups is 2. The third-order valence-corrected chi connectivity index (χ3v) is 2.53. The van der Waals surface area contributed by atoms with Crippen LogP contribution in [0, 0.1) is 5.92 Å². The highest BCUT2D eigenvalue weighted by atomic mass is 16.4. The number of rotatable bonds is 6. The summed E-state index contributed by atoms with van der Waals surface area (Å²) >= 11 is 0. The predicted octanol–water partition coefficient (Wildman–Crippen LogP) is 0.455. The summed E-state index contributed by atoms with van der Waals surface area (Å²) in [5.41, 5.74) is 0. The van der Waals surface area contributed by atoms with Crippen LogP contribution in [0.2, 0.25) is 0 Å². The average Bonchev–Trinajstić information content (AvgIpc) is 2.79. The summed E-state index contributed by atoms with van der Waals surface area (Å²) in [5, 5.41) is 15.4. The molecule has 1 aromatic rings. The Morgan fingerprint density at radius 1 is 1.39 bits per heavy atom. The van der Waals surface area contributed by atoms with Crippen molar-refractivity contribution in [2.24, 2.45) is 5.92 Å². The number of aromatic nitrogens is 3. The van der Waals surface area contributed by atoms with Gasteiger partial charge in [-0.05, 0) is 19.3 Å². The summed E-state index contributed by atoms with van der Waals surface area (Å²) in [7, 11) is 0. The molecule has 7 heteroatoms. The SMILES string of the molecule is CC(C)C[C@@H](NC(=O)C(C)n1cncn1)C(=O)O. The van der Waals surface area contributed by atoms with Crippen LogP contribution < -0.4 is 5.32 Å². The van der Waals surface area contributed by atoms with Gasteiger partial charge in [-0.15, -0.1) is 0 Å². The van der Waals surface area contributed by atoms with Crippen molar-refractivity contribution in [1.29, 1.82) is 0 Å². The molecule has 0 aliphatic rings. The first-order valence-corrected chi connectivity index (χ1v) is 5.79. The normalized spacial score (nSPS) is 14.2. The first kappa shape index (κ1) is 14.1. The summed E-state index contributed by atoms with van der Waals surface area (Å²) in [4.78, 5) is 26.6. The van der Waals surface area contributed by atoms with Gasteiger partial charge in [-0.3, -0.25) is 4.79 Å². The molecule has 1 heterocycles. The predicted molar refractivity (Wildman–Crippen MR) is 63.8 cm³/mol. The van der Waals surface area contributed by atoms with Crippen LogP contribution in [0.5, 0.6) is 0 Å². The van der Waals surface area contributed by atoms with Gasteiger partial charge in [0.2, 0.25) is 5.91 Å². The van der Waals surface area contributed by atoms with Gasteiger partial charge in [0.1, 0.15) is 24.7 Å². The Bertz CT molecular complexity index is 402. The molecule has 0 aromatic carbocycles. The van der Waals surface area contributed by atoms with E-state index < -0.39 is 18.1 Å². The summed E-state index contributed by atoms with van der Waals surface area (Å²) in [6.07, 6.45) is 3.14. The second kappa shape index (κ2) is 6.13. The first-order valence-electron chi connectivity index (χ1n) is 5.79. The van der Waals surface area contributed by atoms with E-state index in [1.165, 1.54) is 17.3 Å².